The number of hydrogen-bond donors (Lipinski definition) is 3. The minimum absolute atomic E-state index is 0.451. The van der Waals surface area contributed by atoms with Gasteiger partial charge in [-0.2, -0.15) is 0 Å². The molecule has 0 spiro atoms. The minimum Gasteiger partial charge on any atom is -0.444 e. The largest absolute Gasteiger partial charge is 0.444 e. The summed E-state index contributed by atoms with van der Waals surface area (Å²) in [5.74, 6) is 4.97. The average Bonchev–Trinajstić information content (AvgIpc) is 2.75. The van der Waals surface area contributed by atoms with Gasteiger partial charge in [-0.05, 0) is 32.9 Å². The zero-order valence-corrected chi connectivity index (χ0v) is 11.6. The van der Waals surface area contributed by atoms with Crippen LogP contribution < -0.4 is 11.2 Å². The van der Waals surface area contributed by atoms with Gasteiger partial charge < -0.3 is 15.0 Å². The van der Waals surface area contributed by atoms with Crippen LogP contribution in [0.5, 0.6) is 0 Å². The van der Waals surface area contributed by atoms with E-state index in [1.807, 2.05) is 0 Å². The van der Waals surface area contributed by atoms with Gasteiger partial charge in [-0.25, -0.2) is 10.6 Å². The molecular formula is C12H20N4O3. The minimum atomic E-state index is -0.903. The van der Waals surface area contributed by atoms with E-state index in [2.05, 4.69) is 10.3 Å². The highest BCUT2D eigenvalue weighted by Crippen LogP contribution is 2.14. The first kappa shape index (κ1) is 15.0. The molecule has 1 aromatic heterocycles. The van der Waals surface area contributed by atoms with Gasteiger partial charge in [0.15, 0.2) is 6.04 Å². The highest BCUT2D eigenvalue weighted by molar-refractivity contribution is 5.86. The van der Waals surface area contributed by atoms with E-state index in [1.165, 1.54) is 7.05 Å². The SMILES string of the molecule is CN(N)C(=O)C(NC(=O)OC(C)(C)C)c1ccc[nH]1. The number of carbonyl (C=O) groups is 2. The van der Waals surface area contributed by atoms with Crippen LogP contribution in [-0.4, -0.2) is 34.6 Å². The predicted molar refractivity (Wildman–Crippen MR) is 69.9 cm³/mol. The number of H-pyrrole nitrogens is 1. The Kier molecular flexibility index (Phi) is 4.55. The summed E-state index contributed by atoms with van der Waals surface area (Å²) in [6, 6.07) is 2.51. The fraction of sp³-hybridized carbons (Fsp3) is 0.500. The van der Waals surface area contributed by atoms with Gasteiger partial charge >= 0.3 is 6.09 Å². The fourth-order valence-electron chi connectivity index (χ4n) is 1.43. The van der Waals surface area contributed by atoms with E-state index in [4.69, 9.17) is 10.6 Å². The quantitative estimate of drug-likeness (QED) is 0.431. The fourth-order valence-corrected chi connectivity index (χ4v) is 1.43. The number of amides is 2. The van der Waals surface area contributed by atoms with Gasteiger partial charge in [0, 0.05) is 18.9 Å². The van der Waals surface area contributed by atoms with Crippen molar-refractivity contribution in [1.82, 2.24) is 15.3 Å². The van der Waals surface area contributed by atoms with Gasteiger partial charge in [-0.15, -0.1) is 0 Å². The van der Waals surface area contributed by atoms with Crippen molar-refractivity contribution in [3.8, 4) is 0 Å². The van der Waals surface area contributed by atoms with Gasteiger partial charge in [-0.3, -0.25) is 9.80 Å². The highest BCUT2D eigenvalue weighted by atomic mass is 16.6. The van der Waals surface area contributed by atoms with Crippen molar-refractivity contribution in [3.05, 3.63) is 24.0 Å². The lowest BCUT2D eigenvalue weighted by atomic mass is 10.2. The molecule has 4 N–H and O–H groups in total. The summed E-state index contributed by atoms with van der Waals surface area (Å²) < 4.78 is 5.12. The third-order valence-corrected chi connectivity index (χ3v) is 2.19. The predicted octanol–water partition coefficient (Wildman–Crippen LogP) is 0.913. The Bertz CT molecular complexity index is 434. The normalized spacial score (nSPS) is 12.7. The summed E-state index contributed by atoms with van der Waals surface area (Å²) in [4.78, 5) is 26.6. The van der Waals surface area contributed by atoms with Crippen molar-refractivity contribution in [3.63, 3.8) is 0 Å². The molecule has 0 fully saturated rings. The number of aromatic nitrogens is 1. The van der Waals surface area contributed by atoms with E-state index in [1.54, 1.807) is 39.1 Å². The third-order valence-electron chi connectivity index (χ3n) is 2.19. The van der Waals surface area contributed by atoms with Crippen LogP contribution in [0.3, 0.4) is 0 Å². The van der Waals surface area contributed by atoms with Gasteiger partial charge in [0.2, 0.25) is 0 Å². The van der Waals surface area contributed by atoms with Crippen LogP contribution in [-0.2, 0) is 9.53 Å². The smallest absolute Gasteiger partial charge is 0.408 e. The Morgan fingerprint density at radius 1 is 1.47 bits per heavy atom. The number of hydrogen-bond acceptors (Lipinski definition) is 4. The van der Waals surface area contributed by atoms with E-state index in [0.29, 0.717) is 5.69 Å². The average molecular weight is 268 g/mol. The van der Waals surface area contributed by atoms with Crippen LogP contribution in [0.4, 0.5) is 4.79 Å². The number of ether oxygens (including phenoxy) is 1. The Labute approximate surface area is 112 Å². The van der Waals surface area contributed by atoms with Crippen molar-refractivity contribution >= 4 is 12.0 Å². The lowest BCUT2D eigenvalue weighted by Crippen LogP contribution is -2.45. The zero-order chi connectivity index (χ0) is 14.6. The van der Waals surface area contributed by atoms with Gasteiger partial charge in [0.25, 0.3) is 5.91 Å². The second-order valence-electron chi connectivity index (χ2n) is 5.15. The molecule has 7 nitrogen and oxygen atoms in total. The molecule has 1 unspecified atom stereocenters. The lowest BCUT2D eigenvalue weighted by Gasteiger charge is -2.24. The maximum absolute atomic E-state index is 12.0. The van der Waals surface area contributed by atoms with E-state index in [9.17, 15) is 9.59 Å². The standard InChI is InChI=1S/C12H20N4O3/c1-12(2,3)19-11(18)15-9(10(17)16(4)13)8-6-5-7-14-8/h5-7,9,14H,13H2,1-4H3,(H,15,18). The molecule has 106 valence electrons. The number of nitrogens with zero attached hydrogens (tertiary/aromatic N) is 1. The topological polar surface area (TPSA) is 100 Å². The Balaban J connectivity index is 2.82. The summed E-state index contributed by atoms with van der Waals surface area (Å²) in [6.07, 6.45) is 0.977. The number of nitrogens with two attached hydrogens (primary N) is 1. The molecule has 0 aliphatic carbocycles. The Morgan fingerprint density at radius 3 is 2.53 bits per heavy atom. The number of likely N-dealkylation sites (N-methyl/N-ethyl adjacent to an activating group) is 1. The molecule has 19 heavy (non-hydrogen) atoms. The maximum Gasteiger partial charge on any atom is 0.408 e. The number of nitrogens with one attached hydrogen (secondary N) is 2. The van der Waals surface area contributed by atoms with Crippen LogP contribution in [0, 0.1) is 0 Å². The monoisotopic (exact) mass is 268 g/mol. The summed E-state index contributed by atoms with van der Waals surface area (Å²) in [6.45, 7) is 5.23. The summed E-state index contributed by atoms with van der Waals surface area (Å²) in [5.41, 5.74) is -0.102. The molecule has 0 saturated heterocycles. The molecule has 1 aromatic rings. The molecule has 0 aliphatic rings. The molecule has 0 saturated carbocycles. The molecule has 0 aromatic carbocycles. The maximum atomic E-state index is 12.0. The Morgan fingerprint density at radius 2 is 2.11 bits per heavy atom. The third kappa shape index (κ3) is 4.63. The van der Waals surface area contributed by atoms with Gasteiger partial charge in [0.05, 0.1) is 0 Å². The van der Waals surface area contributed by atoms with Crippen LogP contribution in [0.15, 0.2) is 18.3 Å². The van der Waals surface area contributed by atoms with E-state index >= 15 is 0 Å². The molecule has 1 atom stereocenters. The Hall–Kier alpha value is -2.02. The van der Waals surface area contributed by atoms with Gasteiger partial charge in [0.1, 0.15) is 5.60 Å². The molecule has 2 amide bonds. The van der Waals surface area contributed by atoms with Crippen molar-refractivity contribution in [2.75, 3.05) is 7.05 Å². The first-order valence-electron chi connectivity index (χ1n) is 5.86. The van der Waals surface area contributed by atoms with Crippen molar-refractivity contribution in [1.29, 1.82) is 0 Å². The lowest BCUT2D eigenvalue weighted by molar-refractivity contribution is -0.132. The molecular weight excluding hydrogens is 248 g/mol. The number of alkyl carbamates (subject to hydrolysis) is 1. The number of aromatic amines is 1. The summed E-state index contributed by atoms with van der Waals surface area (Å²) in [7, 11) is 1.41. The molecule has 1 heterocycles. The van der Waals surface area contributed by atoms with E-state index < -0.39 is 23.6 Å². The second-order valence-corrected chi connectivity index (χ2v) is 5.15. The number of carbonyl (C=O) groups excluding carboxylic acids is 2. The van der Waals surface area contributed by atoms with E-state index in [0.717, 1.165) is 5.01 Å². The first-order valence-corrected chi connectivity index (χ1v) is 5.86. The van der Waals surface area contributed by atoms with Crippen molar-refractivity contribution in [2.45, 2.75) is 32.4 Å². The number of rotatable bonds is 3. The summed E-state index contributed by atoms with van der Waals surface area (Å²) in [5, 5.41) is 3.41. The van der Waals surface area contributed by atoms with Crippen LogP contribution in [0.25, 0.3) is 0 Å². The number of hydrazine groups is 1. The summed E-state index contributed by atoms with van der Waals surface area (Å²) >= 11 is 0. The molecule has 1 rings (SSSR count). The molecule has 7 heteroatoms. The highest BCUT2D eigenvalue weighted by Gasteiger charge is 2.27. The van der Waals surface area contributed by atoms with Crippen LogP contribution >= 0.6 is 0 Å². The molecule has 0 bridgehead atoms. The van der Waals surface area contributed by atoms with Crippen molar-refractivity contribution < 1.29 is 14.3 Å². The second kappa shape index (κ2) is 5.75. The zero-order valence-electron chi connectivity index (χ0n) is 11.6. The van der Waals surface area contributed by atoms with Crippen LogP contribution in [0.1, 0.15) is 32.5 Å². The van der Waals surface area contributed by atoms with Crippen molar-refractivity contribution in [2.24, 2.45) is 5.84 Å². The first-order chi connectivity index (χ1) is 8.70. The van der Waals surface area contributed by atoms with E-state index in [-0.39, 0.29) is 0 Å². The van der Waals surface area contributed by atoms with Gasteiger partial charge in [-0.1, -0.05) is 0 Å². The molecule has 0 radical (unpaired) electrons. The van der Waals surface area contributed by atoms with Crippen LogP contribution in [0.2, 0.25) is 0 Å². The molecule has 0 aliphatic heterocycles.